The fraction of sp³-hybridized carbons (Fsp3) is 0.462. The molecule has 2 N–H and O–H groups in total. The van der Waals surface area contributed by atoms with E-state index in [1.807, 2.05) is 24.0 Å². The molecule has 0 saturated carbocycles. The Balaban J connectivity index is 1.92. The van der Waals surface area contributed by atoms with Crippen LogP contribution >= 0.6 is 11.8 Å². The molecule has 0 amide bonds. The van der Waals surface area contributed by atoms with E-state index < -0.39 is 0 Å². The average molecular weight is 276 g/mol. The van der Waals surface area contributed by atoms with Crippen LogP contribution in [0, 0.1) is 0 Å². The molecule has 6 heteroatoms. The van der Waals surface area contributed by atoms with Gasteiger partial charge in [0.15, 0.2) is 0 Å². The zero-order chi connectivity index (χ0) is 13.2. The van der Waals surface area contributed by atoms with Crippen molar-refractivity contribution in [1.82, 2.24) is 15.1 Å². The zero-order valence-electron chi connectivity index (χ0n) is 10.7. The lowest BCUT2D eigenvalue weighted by Gasteiger charge is -2.07. The predicted molar refractivity (Wildman–Crippen MR) is 74.9 cm³/mol. The van der Waals surface area contributed by atoms with Crippen molar-refractivity contribution < 1.29 is 4.52 Å². The quantitative estimate of drug-likeness (QED) is 0.921. The summed E-state index contributed by atoms with van der Waals surface area (Å²) in [5.74, 6) is 3.39. The Morgan fingerprint density at radius 3 is 3.11 bits per heavy atom. The second kappa shape index (κ2) is 5.30. The monoisotopic (exact) mass is 276 g/mol. The van der Waals surface area contributed by atoms with Crippen LogP contribution in [0.1, 0.15) is 24.3 Å². The largest absolute Gasteiger partial charge is 0.339 e. The molecule has 2 aromatic heterocycles. The van der Waals surface area contributed by atoms with E-state index in [1.165, 1.54) is 0 Å². The highest BCUT2D eigenvalue weighted by atomic mass is 32.2. The Kier molecular flexibility index (Phi) is 3.52. The van der Waals surface area contributed by atoms with Gasteiger partial charge in [0.25, 0.3) is 0 Å². The fourth-order valence-electron chi connectivity index (χ4n) is 2.25. The van der Waals surface area contributed by atoms with Gasteiger partial charge in [0.1, 0.15) is 0 Å². The number of aromatic nitrogens is 3. The van der Waals surface area contributed by atoms with E-state index in [0.29, 0.717) is 11.7 Å². The molecular weight excluding hydrogens is 260 g/mol. The van der Waals surface area contributed by atoms with Gasteiger partial charge in [-0.3, -0.25) is 4.98 Å². The maximum Gasteiger partial charge on any atom is 0.232 e. The van der Waals surface area contributed by atoms with Crippen LogP contribution in [0.4, 0.5) is 0 Å². The molecule has 1 aliphatic rings. The number of aryl methyl sites for hydroxylation is 1. The molecule has 2 aromatic rings. The first-order valence-corrected chi connectivity index (χ1v) is 7.55. The van der Waals surface area contributed by atoms with Gasteiger partial charge < -0.3 is 10.3 Å². The van der Waals surface area contributed by atoms with Crippen LogP contribution in [0.2, 0.25) is 0 Å². The van der Waals surface area contributed by atoms with Gasteiger partial charge >= 0.3 is 0 Å². The van der Waals surface area contributed by atoms with Gasteiger partial charge in [-0.05, 0) is 18.1 Å². The maximum absolute atomic E-state index is 6.06. The van der Waals surface area contributed by atoms with E-state index in [9.17, 15) is 0 Å². The van der Waals surface area contributed by atoms with Gasteiger partial charge in [-0.1, -0.05) is 12.1 Å². The Hall–Kier alpha value is -1.40. The molecule has 0 spiro atoms. The first-order valence-electron chi connectivity index (χ1n) is 6.39. The minimum Gasteiger partial charge on any atom is -0.339 e. The van der Waals surface area contributed by atoms with Crippen molar-refractivity contribution >= 4 is 11.8 Å². The average Bonchev–Trinajstić information content (AvgIpc) is 3.07. The SMILES string of the molecule is CCc1cnccc1-c1noc(C2CSCC2N)n1. The van der Waals surface area contributed by atoms with Gasteiger partial charge in [0, 0.05) is 35.5 Å². The lowest BCUT2D eigenvalue weighted by atomic mass is 10.0. The Morgan fingerprint density at radius 2 is 2.37 bits per heavy atom. The molecule has 3 rings (SSSR count). The number of pyridine rings is 1. The van der Waals surface area contributed by atoms with E-state index in [4.69, 9.17) is 10.3 Å². The molecule has 0 aliphatic carbocycles. The lowest BCUT2D eigenvalue weighted by molar-refractivity contribution is 0.352. The van der Waals surface area contributed by atoms with Crippen LogP contribution < -0.4 is 5.73 Å². The molecule has 1 saturated heterocycles. The summed E-state index contributed by atoms with van der Waals surface area (Å²) in [5.41, 5.74) is 8.17. The summed E-state index contributed by atoms with van der Waals surface area (Å²) in [7, 11) is 0. The van der Waals surface area contributed by atoms with Gasteiger partial charge in [-0.15, -0.1) is 0 Å². The normalized spacial score (nSPS) is 22.8. The molecule has 19 heavy (non-hydrogen) atoms. The third-order valence-corrected chi connectivity index (χ3v) is 4.62. The third-order valence-electron chi connectivity index (χ3n) is 3.41. The van der Waals surface area contributed by atoms with Crippen molar-refractivity contribution in [3.8, 4) is 11.4 Å². The number of thioether (sulfide) groups is 1. The topological polar surface area (TPSA) is 77.8 Å². The van der Waals surface area contributed by atoms with Crippen LogP contribution in [0.15, 0.2) is 23.0 Å². The number of rotatable bonds is 3. The highest BCUT2D eigenvalue weighted by molar-refractivity contribution is 7.99. The van der Waals surface area contributed by atoms with Crippen LogP contribution in [-0.4, -0.2) is 32.7 Å². The molecule has 0 radical (unpaired) electrons. The Labute approximate surface area is 116 Å². The smallest absolute Gasteiger partial charge is 0.232 e. The zero-order valence-corrected chi connectivity index (χ0v) is 11.6. The molecule has 0 aromatic carbocycles. The number of hydrogen-bond acceptors (Lipinski definition) is 6. The maximum atomic E-state index is 6.06. The molecule has 2 unspecified atom stereocenters. The molecule has 5 nitrogen and oxygen atoms in total. The van der Waals surface area contributed by atoms with Crippen molar-refractivity contribution in [2.24, 2.45) is 5.73 Å². The van der Waals surface area contributed by atoms with E-state index in [1.54, 1.807) is 6.20 Å². The second-order valence-corrected chi connectivity index (χ2v) is 5.73. The molecule has 0 bridgehead atoms. The molecule has 1 fully saturated rings. The van der Waals surface area contributed by atoms with E-state index >= 15 is 0 Å². The molecule has 2 atom stereocenters. The van der Waals surface area contributed by atoms with Gasteiger partial charge in [-0.2, -0.15) is 16.7 Å². The lowest BCUT2D eigenvalue weighted by Crippen LogP contribution is -2.26. The van der Waals surface area contributed by atoms with Crippen LogP contribution in [-0.2, 0) is 6.42 Å². The van der Waals surface area contributed by atoms with Crippen LogP contribution in [0.25, 0.3) is 11.4 Å². The number of hydrogen-bond donors (Lipinski definition) is 1. The van der Waals surface area contributed by atoms with E-state index in [0.717, 1.165) is 29.1 Å². The summed E-state index contributed by atoms with van der Waals surface area (Å²) >= 11 is 1.84. The standard InChI is InChI=1S/C13H16N4OS/c1-2-8-5-15-4-3-9(8)12-16-13(18-17-12)10-6-19-7-11(10)14/h3-5,10-11H,2,6-7,14H2,1H3. The summed E-state index contributed by atoms with van der Waals surface area (Å²) in [4.78, 5) is 8.65. The number of nitrogens with zero attached hydrogens (tertiary/aromatic N) is 3. The van der Waals surface area contributed by atoms with Gasteiger partial charge in [0.2, 0.25) is 11.7 Å². The van der Waals surface area contributed by atoms with Gasteiger partial charge in [-0.25, -0.2) is 0 Å². The highest BCUT2D eigenvalue weighted by Crippen LogP contribution is 2.32. The number of nitrogens with two attached hydrogens (primary N) is 1. The summed E-state index contributed by atoms with van der Waals surface area (Å²) in [5, 5.41) is 4.10. The minimum absolute atomic E-state index is 0.112. The summed E-state index contributed by atoms with van der Waals surface area (Å²) in [6.45, 7) is 2.09. The fourth-order valence-corrected chi connectivity index (χ4v) is 3.53. The van der Waals surface area contributed by atoms with Crippen molar-refractivity contribution in [3.63, 3.8) is 0 Å². The van der Waals surface area contributed by atoms with Crippen molar-refractivity contribution in [1.29, 1.82) is 0 Å². The molecule has 3 heterocycles. The van der Waals surface area contributed by atoms with Crippen molar-refractivity contribution in [3.05, 3.63) is 29.9 Å². The molecule has 100 valence electrons. The van der Waals surface area contributed by atoms with Crippen LogP contribution in [0.3, 0.4) is 0 Å². The predicted octanol–water partition coefficient (Wildman–Crippen LogP) is 1.85. The van der Waals surface area contributed by atoms with Gasteiger partial charge in [0.05, 0.1) is 5.92 Å². The van der Waals surface area contributed by atoms with E-state index in [2.05, 4.69) is 22.0 Å². The minimum atomic E-state index is 0.112. The van der Waals surface area contributed by atoms with E-state index in [-0.39, 0.29) is 12.0 Å². The Morgan fingerprint density at radius 1 is 1.47 bits per heavy atom. The molecular formula is C13H16N4OS. The third kappa shape index (κ3) is 2.37. The summed E-state index contributed by atoms with van der Waals surface area (Å²) < 4.78 is 5.40. The second-order valence-electron chi connectivity index (χ2n) is 4.65. The summed E-state index contributed by atoms with van der Waals surface area (Å²) in [6, 6.07) is 2.04. The first-order chi connectivity index (χ1) is 9.29. The molecule has 1 aliphatic heterocycles. The van der Waals surface area contributed by atoms with Crippen molar-refractivity contribution in [2.45, 2.75) is 25.3 Å². The summed E-state index contributed by atoms with van der Waals surface area (Å²) in [6.07, 6.45) is 4.50. The van der Waals surface area contributed by atoms with Crippen LogP contribution in [0.5, 0.6) is 0 Å². The first kappa shape index (κ1) is 12.6. The highest BCUT2D eigenvalue weighted by Gasteiger charge is 2.31. The Bertz CT molecular complexity index is 571. The van der Waals surface area contributed by atoms with Crippen molar-refractivity contribution in [2.75, 3.05) is 11.5 Å².